The number of allylic oxidation sites excluding steroid dienone is 1. The predicted octanol–water partition coefficient (Wildman–Crippen LogP) is 2.86. The summed E-state index contributed by atoms with van der Waals surface area (Å²) >= 11 is 0. The fourth-order valence-corrected chi connectivity index (χ4v) is 2.16. The van der Waals surface area contributed by atoms with Gasteiger partial charge in [-0.05, 0) is 24.5 Å². The molecule has 0 spiro atoms. The van der Waals surface area contributed by atoms with Gasteiger partial charge in [-0.3, -0.25) is 4.79 Å². The normalized spacial score (nSPS) is 18.3. The highest BCUT2D eigenvalue weighted by Gasteiger charge is 2.43. The lowest BCUT2D eigenvalue weighted by molar-refractivity contribution is -0.122. The van der Waals surface area contributed by atoms with Crippen molar-refractivity contribution in [1.29, 1.82) is 0 Å². The van der Waals surface area contributed by atoms with Gasteiger partial charge in [0.1, 0.15) is 0 Å². The van der Waals surface area contributed by atoms with E-state index in [0.29, 0.717) is 0 Å². The number of rotatable bonds is 3. The van der Waals surface area contributed by atoms with Crippen LogP contribution in [0.2, 0.25) is 0 Å². The van der Waals surface area contributed by atoms with Gasteiger partial charge >= 0.3 is 0 Å². The third-order valence-corrected chi connectivity index (χ3v) is 3.19. The van der Waals surface area contributed by atoms with Crippen molar-refractivity contribution in [3.8, 4) is 0 Å². The summed E-state index contributed by atoms with van der Waals surface area (Å²) in [5.74, 6) is 0.176. The van der Waals surface area contributed by atoms with Crippen LogP contribution in [0.4, 0.5) is 0 Å². The zero-order valence-corrected chi connectivity index (χ0v) is 8.20. The van der Waals surface area contributed by atoms with Crippen molar-refractivity contribution in [1.82, 2.24) is 0 Å². The summed E-state index contributed by atoms with van der Waals surface area (Å²) in [6.07, 6.45) is 4.56. The van der Waals surface area contributed by atoms with Gasteiger partial charge in [0.05, 0.1) is 5.41 Å². The Kier molecular flexibility index (Phi) is 2.24. The summed E-state index contributed by atoms with van der Waals surface area (Å²) in [6.45, 7) is 3.58. The summed E-state index contributed by atoms with van der Waals surface area (Å²) < 4.78 is 0. The van der Waals surface area contributed by atoms with Gasteiger partial charge in [0, 0.05) is 0 Å². The van der Waals surface area contributed by atoms with Crippen LogP contribution in [0.25, 0.3) is 0 Å². The minimum Gasteiger partial charge on any atom is -0.294 e. The van der Waals surface area contributed by atoms with Crippen LogP contribution in [0.3, 0.4) is 0 Å². The lowest BCUT2D eigenvalue weighted by Gasteiger charge is -2.40. The van der Waals surface area contributed by atoms with Crippen LogP contribution in [0.15, 0.2) is 43.0 Å². The van der Waals surface area contributed by atoms with E-state index in [1.807, 2.05) is 30.3 Å². The molecule has 1 saturated carbocycles. The monoisotopic (exact) mass is 186 g/mol. The number of benzene rings is 1. The quantitative estimate of drug-likeness (QED) is 0.663. The molecule has 0 saturated heterocycles. The molecule has 0 radical (unpaired) electrons. The maximum absolute atomic E-state index is 11.8. The van der Waals surface area contributed by atoms with Crippen molar-refractivity contribution in [2.24, 2.45) is 0 Å². The average Bonchev–Trinajstić information content (AvgIpc) is 2.17. The lowest BCUT2D eigenvalue weighted by atomic mass is 9.62. The molecule has 0 heterocycles. The van der Waals surface area contributed by atoms with E-state index in [0.717, 1.165) is 24.8 Å². The van der Waals surface area contributed by atoms with Gasteiger partial charge in [-0.1, -0.05) is 43.3 Å². The molecule has 1 fully saturated rings. The zero-order valence-electron chi connectivity index (χ0n) is 8.20. The highest BCUT2D eigenvalue weighted by atomic mass is 16.1. The van der Waals surface area contributed by atoms with Gasteiger partial charge in [0.2, 0.25) is 0 Å². The van der Waals surface area contributed by atoms with E-state index in [9.17, 15) is 4.79 Å². The first-order valence-electron chi connectivity index (χ1n) is 5.02. The molecule has 1 aliphatic carbocycles. The Morgan fingerprint density at radius 3 is 2.36 bits per heavy atom. The molecule has 72 valence electrons. The van der Waals surface area contributed by atoms with Crippen LogP contribution < -0.4 is 0 Å². The van der Waals surface area contributed by atoms with E-state index in [-0.39, 0.29) is 11.2 Å². The maximum atomic E-state index is 11.8. The first-order valence-corrected chi connectivity index (χ1v) is 5.02. The Morgan fingerprint density at radius 2 is 1.93 bits per heavy atom. The van der Waals surface area contributed by atoms with E-state index >= 15 is 0 Å². The van der Waals surface area contributed by atoms with Crippen molar-refractivity contribution < 1.29 is 4.79 Å². The van der Waals surface area contributed by atoms with E-state index in [1.165, 1.54) is 6.08 Å². The van der Waals surface area contributed by atoms with Gasteiger partial charge < -0.3 is 0 Å². The molecule has 1 aromatic carbocycles. The van der Waals surface area contributed by atoms with Crippen LogP contribution in [0, 0.1) is 0 Å². The minimum atomic E-state index is -0.233. The van der Waals surface area contributed by atoms with Crippen molar-refractivity contribution in [3.63, 3.8) is 0 Å². The summed E-state index contributed by atoms with van der Waals surface area (Å²) in [6, 6.07) is 10.0. The fraction of sp³-hybridized carbons (Fsp3) is 0.308. The first kappa shape index (κ1) is 9.20. The molecule has 0 amide bonds. The van der Waals surface area contributed by atoms with Crippen molar-refractivity contribution >= 4 is 5.78 Å². The van der Waals surface area contributed by atoms with Crippen LogP contribution in [0.5, 0.6) is 0 Å². The number of hydrogen-bond donors (Lipinski definition) is 0. The van der Waals surface area contributed by atoms with Gasteiger partial charge in [0.25, 0.3) is 0 Å². The van der Waals surface area contributed by atoms with E-state index in [1.54, 1.807) is 0 Å². The standard InChI is InChI=1S/C13H14O/c1-2-12(14)13(9-6-10-13)11-7-4-3-5-8-11/h2-5,7-8H,1,6,9-10H2. The van der Waals surface area contributed by atoms with E-state index in [2.05, 4.69) is 6.58 Å². The molecule has 0 aromatic heterocycles. The molecule has 0 bridgehead atoms. The van der Waals surface area contributed by atoms with Crippen molar-refractivity contribution in [2.75, 3.05) is 0 Å². The minimum absolute atomic E-state index is 0.176. The fourth-order valence-electron chi connectivity index (χ4n) is 2.16. The van der Waals surface area contributed by atoms with E-state index in [4.69, 9.17) is 0 Å². The Labute approximate surface area is 84.5 Å². The molecular formula is C13H14O. The molecule has 1 aromatic rings. The second-order valence-corrected chi connectivity index (χ2v) is 3.87. The van der Waals surface area contributed by atoms with Crippen LogP contribution >= 0.6 is 0 Å². The highest BCUT2D eigenvalue weighted by molar-refractivity contribution is 5.99. The summed E-state index contributed by atoms with van der Waals surface area (Å²) in [4.78, 5) is 11.8. The molecule has 0 aliphatic heterocycles. The molecular weight excluding hydrogens is 172 g/mol. The lowest BCUT2D eigenvalue weighted by Crippen LogP contribution is -2.41. The van der Waals surface area contributed by atoms with Gasteiger partial charge in [-0.25, -0.2) is 0 Å². The third-order valence-electron chi connectivity index (χ3n) is 3.19. The molecule has 1 nitrogen and oxygen atoms in total. The van der Waals surface area contributed by atoms with Gasteiger partial charge in [-0.2, -0.15) is 0 Å². The summed E-state index contributed by atoms with van der Waals surface area (Å²) in [5.41, 5.74) is 0.916. The molecule has 0 N–H and O–H groups in total. The second kappa shape index (κ2) is 3.41. The van der Waals surface area contributed by atoms with Gasteiger partial charge in [-0.15, -0.1) is 0 Å². The molecule has 0 unspecified atom stereocenters. The Balaban J connectivity index is 2.38. The predicted molar refractivity (Wildman–Crippen MR) is 57.2 cm³/mol. The number of ketones is 1. The maximum Gasteiger partial charge on any atom is 0.165 e. The number of carbonyl (C=O) groups is 1. The SMILES string of the molecule is C=CC(=O)C1(c2ccccc2)CCC1. The number of hydrogen-bond acceptors (Lipinski definition) is 1. The molecule has 1 heteroatoms. The Bertz CT molecular complexity index is 347. The molecule has 14 heavy (non-hydrogen) atoms. The summed E-state index contributed by atoms with van der Waals surface area (Å²) in [5, 5.41) is 0. The average molecular weight is 186 g/mol. The largest absolute Gasteiger partial charge is 0.294 e. The van der Waals surface area contributed by atoms with Crippen molar-refractivity contribution in [2.45, 2.75) is 24.7 Å². The van der Waals surface area contributed by atoms with E-state index < -0.39 is 0 Å². The zero-order chi connectivity index (χ0) is 10.0. The molecule has 1 aliphatic rings. The van der Waals surface area contributed by atoms with Crippen molar-refractivity contribution in [3.05, 3.63) is 48.6 Å². The van der Waals surface area contributed by atoms with Crippen LogP contribution in [-0.2, 0) is 10.2 Å². The van der Waals surface area contributed by atoms with Crippen LogP contribution in [-0.4, -0.2) is 5.78 Å². The Hall–Kier alpha value is -1.37. The Morgan fingerprint density at radius 1 is 1.29 bits per heavy atom. The summed E-state index contributed by atoms with van der Waals surface area (Å²) in [7, 11) is 0. The second-order valence-electron chi connectivity index (χ2n) is 3.87. The third kappa shape index (κ3) is 1.20. The highest BCUT2D eigenvalue weighted by Crippen LogP contribution is 2.44. The van der Waals surface area contributed by atoms with Crippen LogP contribution in [0.1, 0.15) is 24.8 Å². The molecule has 2 rings (SSSR count). The number of carbonyl (C=O) groups excluding carboxylic acids is 1. The van der Waals surface area contributed by atoms with Gasteiger partial charge in [0.15, 0.2) is 5.78 Å². The first-order chi connectivity index (χ1) is 6.79. The topological polar surface area (TPSA) is 17.1 Å². The smallest absolute Gasteiger partial charge is 0.165 e. The molecule has 0 atom stereocenters.